The van der Waals surface area contributed by atoms with E-state index in [-0.39, 0.29) is 54.1 Å². The predicted molar refractivity (Wildman–Crippen MR) is 117 cm³/mol. The number of carbonyl (C=O) groups is 3. The van der Waals surface area contributed by atoms with E-state index in [1.807, 2.05) is 24.3 Å². The van der Waals surface area contributed by atoms with Crippen molar-refractivity contribution in [2.24, 2.45) is 11.8 Å². The van der Waals surface area contributed by atoms with Gasteiger partial charge in [-0.15, -0.1) is 0 Å². The Hall–Kier alpha value is -3.80. The number of nitrogens with zero attached hydrogens (tertiary/aromatic N) is 2. The van der Waals surface area contributed by atoms with E-state index < -0.39 is 5.97 Å². The van der Waals surface area contributed by atoms with E-state index in [2.05, 4.69) is 29.2 Å². The highest BCUT2D eigenvalue weighted by Crippen LogP contribution is 2.80. The van der Waals surface area contributed by atoms with Gasteiger partial charge in [-0.1, -0.05) is 48.5 Å². The summed E-state index contributed by atoms with van der Waals surface area (Å²) in [5, 5.41) is 0. The summed E-state index contributed by atoms with van der Waals surface area (Å²) in [6, 6.07) is 19.9. The van der Waals surface area contributed by atoms with Crippen LogP contribution in [0.15, 0.2) is 73.1 Å². The summed E-state index contributed by atoms with van der Waals surface area (Å²) in [4.78, 5) is 44.6. The first-order chi connectivity index (χ1) is 16.2. The first kappa shape index (κ1) is 18.7. The van der Waals surface area contributed by atoms with Gasteiger partial charge >= 0.3 is 5.97 Å². The monoisotopic (exact) mass is 436 g/mol. The van der Waals surface area contributed by atoms with Crippen LogP contribution in [0.1, 0.15) is 44.4 Å². The SMILES string of the molecule is O=C(OCCN1C(=O)[C@@H]2[C@H](C1=O)[C@@H]1c3ccccc3C13c1ccccc1[C@@H]23)c1cccnc1. The predicted octanol–water partition coefficient (Wildman–Crippen LogP) is 3.03. The van der Waals surface area contributed by atoms with E-state index in [0.717, 1.165) is 0 Å². The summed E-state index contributed by atoms with van der Waals surface area (Å²) in [5.74, 6) is -1.46. The molecule has 33 heavy (non-hydrogen) atoms. The van der Waals surface area contributed by atoms with Gasteiger partial charge in [-0.05, 0) is 34.4 Å². The van der Waals surface area contributed by atoms with Crippen LogP contribution in [-0.4, -0.2) is 40.8 Å². The van der Waals surface area contributed by atoms with Crippen molar-refractivity contribution in [2.45, 2.75) is 17.3 Å². The minimum absolute atomic E-state index is 0.0259. The molecule has 6 heteroatoms. The fourth-order valence-electron chi connectivity index (χ4n) is 7.08. The number of amides is 2. The van der Waals surface area contributed by atoms with Crippen LogP contribution in [0.5, 0.6) is 0 Å². The van der Waals surface area contributed by atoms with Gasteiger partial charge in [0, 0.05) is 29.6 Å². The molecule has 1 aliphatic heterocycles. The van der Waals surface area contributed by atoms with Crippen LogP contribution in [0.2, 0.25) is 0 Å². The van der Waals surface area contributed by atoms with Crippen molar-refractivity contribution in [3.63, 3.8) is 0 Å². The van der Waals surface area contributed by atoms with Crippen molar-refractivity contribution < 1.29 is 19.1 Å². The highest BCUT2D eigenvalue weighted by molar-refractivity contribution is 6.08. The molecule has 2 heterocycles. The number of likely N-dealkylation sites (tertiary alicyclic amines) is 1. The Balaban J connectivity index is 1.18. The molecule has 3 aromatic rings. The summed E-state index contributed by atoms with van der Waals surface area (Å²) in [6.45, 7) is 0.0463. The van der Waals surface area contributed by atoms with Gasteiger partial charge < -0.3 is 4.74 Å². The molecule has 0 N–H and O–H groups in total. The van der Waals surface area contributed by atoms with Crippen LogP contribution >= 0.6 is 0 Å². The third kappa shape index (κ3) is 2.09. The van der Waals surface area contributed by atoms with Gasteiger partial charge in [-0.2, -0.15) is 0 Å². The second-order valence-corrected chi connectivity index (χ2v) is 9.26. The van der Waals surface area contributed by atoms with E-state index >= 15 is 0 Å². The smallest absolute Gasteiger partial charge is 0.339 e. The summed E-state index contributed by atoms with van der Waals surface area (Å²) >= 11 is 0. The van der Waals surface area contributed by atoms with E-state index in [0.29, 0.717) is 5.56 Å². The highest BCUT2D eigenvalue weighted by Gasteiger charge is 2.78. The van der Waals surface area contributed by atoms with Crippen molar-refractivity contribution in [1.82, 2.24) is 9.88 Å². The zero-order valence-corrected chi connectivity index (χ0v) is 17.7. The summed E-state index contributed by atoms with van der Waals surface area (Å²) < 4.78 is 5.32. The molecule has 1 aromatic heterocycles. The number of hydrogen-bond acceptors (Lipinski definition) is 5. The fraction of sp³-hybridized carbons (Fsp3) is 0.259. The van der Waals surface area contributed by atoms with Gasteiger partial charge in [-0.25, -0.2) is 4.79 Å². The lowest BCUT2D eigenvalue weighted by molar-refractivity contribution is -0.141. The molecular formula is C27H20N2O4. The number of rotatable bonds is 4. The minimum Gasteiger partial charge on any atom is -0.460 e. The number of hydrogen-bond donors (Lipinski definition) is 0. The van der Waals surface area contributed by atoms with Crippen LogP contribution in [0.4, 0.5) is 0 Å². The lowest BCUT2D eigenvalue weighted by Gasteiger charge is -2.59. The number of aromatic nitrogens is 1. The summed E-state index contributed by atoms with van der Waals surface area (Å²) in [6.07, 6.45) is 3.01. The van der Waals surface area contributed by atoms with Gasteiger partial charge in [0.1, 0.15) is 6.61 Å². The first-order valence-corrected chi connectivity index (χ1v) is 11.3. The fourth-order valence-corrected chi connectivity index (χ4v) is 7.08. The van der Waals surface area contributed by atoms with Crippen molar-refractivity contribution in [3.05, 3.63) is 101 Å². The molecular weight excluding hydrogens is 416 g/mol. The molecule has 162 valence electrons. The third-order valence-corrected chi connectivity index (χ3v) is 8.12. The van der Waals surface area contributed by atoms with Crippen molar-refractivity contribution in [1.29, 1.82) is 0 Å². The number of imide groups is 1. The van der Waals surface area contributed by atoms with Crippen molar-refractivity contribution in [3.8, 4) is 0 Å². The molecule has 1 unspecified atom stereocenters. The molecule has 2 fully saturated rings. The summed E-state index contributed by atoms with van der Waals surface area (Å²) in [7, 11) is 0. The number of esters is 1. The third-order valence-electron chi connectivity index (χ3n) is 8.12. The number of pyridine rings is 1. The van der Waals surface area contributed by atoms with Crippen LogP contribution in [0.3, 0.4) is 0 Å². The van der Waals surface area contributed by atoms with Crippen LogP contribution in [0.25, 0.3) is 0 Å². The average molecular weight is 436 g/mol. The quantitative estimate of drug-likeness (QED) is 0.464. The Labute approximate surface area is 190 Å². The van der Waals surface area contributed by atoms with Crippen LogP contribution in [-0.2, 0) is 19.7 Å². The van der Waals surface area contributed by atoms with Crippen molar-refractivity contribution >= 4 is 17.8 Å². The van der Waals surface area contributed by atoms with Gasteiger partial charge in [0.25, 0.3) is 0 Å². The molecule has 2 amide bonds. The maximum absolute atomic E-state index is 13.6. The first-order valence-electron chi connectivity index (χ1n) is 11.3. The Morgan fingerprint density at radius 2 is 1.48 bits per heavy atom. The molecule has 4 aliphatic rings. The standard InChI is InChI=1S/C27H20N2O4/c30-24-20-21(25(31)29(24)12-13-33-26(32)15-6-5-11-28-14-15)23-17-8-2-4-10-19(17)27(23)18-9-3-1-7-16(18)22(20)27/h1-11,14,20-23H,12-13H2/t20-,21+,22-,23-,27?/m0/s1. The Morgan fingerprint density at radius 3 is 2.06 bits per heavy atom. The van der Waals surface area contributed by atoms with Gasteiger partial charge in [0.2, 0.25) is 11.8 Å². The Kier molecular flexibility index (Phi) is 3.62. The van der Waals surface area contributed by atoms with E-state index in [9.17, 15) is 14.4 Å². The topological polar surface area (TPSA) is 76.6 Å². The second kappa shape index (κ2) is 6.38. The highest BCUT2D eigenvalue weighted by atomic mass is 16.5. The maximum Gasteiger partial charge on any atom is 0.339 e. The van der Waals surface area contributed by atoms with Crippen LogP contribution in [0, 0.1) is 11.8 Å². The molecule has 3 aliphatic carbocycles. The molecule has 1 saturated heterocycles. The largest absolute Gasteiger partial charge is 0.460 e. The normalized spacial score (nSPS) is 29.8. The van der Waals surface area contributed by atoms with E-state index in [1.165, 1.54) is 33.4 Å². The molecule has 1 spiro atoms. The zero-order valence-electron chi connectivity index (χ0n) is 17.7. The number of fused-ring (bicyclic) bond motifs is 7. The lowest BCUT2D eigenvalue weighted by Crippen LogP contribution is -2.55. The Bertz CT molecular complexity index is 1280. The number of carbonyl (C=O) groups excluding carboxylic acids is 3. The minimum atomic E-state index is -0.512. The van der Waals surface area contributed by atoms with Gasteiger partial charge in [0.05, 0.1) is 23.9 Å². The molecule has 7 rings (SSSR count). The maximum atomic E-state index is 13.6. The number of ether oxygens (including phenoxy) is 1. The molecule has 1 saturated carbocycles. The van der Waals surface area contributed by atoms with Gasteiger partial charge in [0.15, 0.2) is 0 Å². The van der Waals surface area contributed by atoms with E-state index in [1.54, 1.807) is 18.3 Å². The number of benzene rings is 2. The molecule has 5 atom stereocenters. The molecule has 6 nitrogen and oxygen atoms in total. The lowest BCUT2D eigenvalue weighted by atomic mass is 9.43. The van der Waals surface area contributed by atoms with E-state index in [4.69, 9.17) is 4.74 Å². The average Bonchev–Trinajstić information content (AvgIpc) is 3.20. The molecule has 0 bridgehead atoms. The van der Waals surface area contributed by atoms with Gasteiger partial charge in [-0.3, -0.25) is 19.5 Å². The van der Waals surface area contributed by atoms with Crippen molar-refractivity contribution in [2.75, 3.05) is 13.2 Å². The molecule has 0 radical (unpaired) electrons. The Morgan fingerprint density at radius 1 is 0.879 bits per heavy atom. The molecule has 2 aromatic carbocycles. The van der Waals surface area contributed by atoms with Crippen LogP contribution < -0.4 is 0 Å². The second-order valence-electron chi connectivity index (χ2n) is 9.26. The zero-order chi connectivity index (χ0) is 22.3. The summed E-state index contributed by atoms with van der Waals surface area (Å²) in [5.41, 5.74) is 5.05.